The zero-order valence-corrected chi connectivity index (χ0v) is 16.2. The van der Waals surface area contributed by atoms with Crippen LogP contribution in [0.2, 0.25) is 0 Å². The molecule has 1 unspecified atom stereocenters. The third-order valence-electron chi connectivity index (χ3n) is 4.82. The Morgan fingerprint density at radius 2 is 1.89 bits per heavy atom. The summed E-state index contributed by atoms with van der Waals surface area (Å²) in [7, 11) is 0. The molecule has 4 rings (SSSR count). The van der Waals surface area contributed by atoms with Gasteiger partial charge in [-0.25, -0.2) is 0 Å². The Balaban J connectivity index is 1.65. The van der Waals surface area contributed by atoms with Crippen molar-refractivity contribution in [1.29, 1.82) is 0 Å². The van der Waals surface area contributed by atoms with Gasteiger partial charge in [-0.2, -0.15) is 0 Å². The molecule has 0 spiro atoms. The molecule has 3 aromatic rings. The molecule has 2 heterocycles. The lowest BCUT2D eigenvalue weighted by Gasteiger charge is -2.24. The molecule has 28 heavy (non-hydrogen) atoms. The number of benzene rings is 2. The van der Waals surface area contributed by atoms with E-state index in [1.54, 1.807) is 23.5 Å². The molecule has 0 radical (unpaired) electrons. The molecule has 6 heteroatoms. The second kappa shape index (κ2) is 7.48. The first-order chi connectivity index (χ1) is 13.5. The zero-order chi connectivity index (χ0) is 19.7. The fourth-order valence-corrected chi connectivity index (χ4v) is 4.55. The molecule has 1 atom stereocenters. The number of ether oxygens (including phenoxy) is 1. The topological polar surface area (TPSA) is 81.4 Å². The number of nitrogens with two attached hydrogens (primary N) is 1. The number of hydrogen-bond acceptors (Lipinski definition) is 4. The molecule has 5 nitrogen and oxygen atoms in total. The van der Waals surface area contributed by atoms with Gasteiger partial charge in [0.25, 0.3) is 5.91 Å². The first-order valence-corrected chi connectivity index (χ1v) is 9.88. The number of carbonyl (C=O) groups excluding carboxylic acids is 2. The SMILES string of the molecule is Cc1ccc(-c2csc3c2NC(=O)CC3c2ccc(OCC(N)=O)cc2)cc1. The monoisotopic (exact) mass is 392 g/mol. The minimum atomic E-state index is -0.514. The molecule has 1 aliphatic rings. The Kier molecular flexibility index (Phi) is 4.88. The van der Waals surface area contributed by atoms with Crippen molar-refractivity contribution in [3.05, 3.63) is 69.9 Å². The van der Waals surface area contributed by atoms with Gasteiger partial charge in [0.1, 0.15) is 5.75 Å². The van der Waals surface area contributed by atoms with Crippen molar-refractivity contribution in [3.63, 3.8) is 0 Å². The summed E-state index contributed by atoms with van der Waals surface area (Å²) >= 11 is 1.67. The van der Waals surface area contributed by atoms with E-state index in [-0.39, 0.29) is 18.4 Å². The number of fused-ring (bicyclic) bond motifs is 1. The molecule has 1 aromatic heterocycles. The Labute approximate surface area is 167 Å². The fourth-order valence-electron chi connectivity index (χ4n) is 3.39. The highest BCUT2D eigenvalue weighted by atomic mass is 32.1. The molecule has 0 saturated heterocycles. The van der Waals surface area contributed by atoms with E-state index in [4.69, 9.17) is 10.5 Å². The maximum atomic E-state index is 12.4. The summed E-state index contributed by atoms with van der Waals surface area (Å²) in [6.07, 6.45) is 0.405. The van der Waals surface area contributed by atoms with Gasteiger partial charge in [-0.1, -0.05) is 42.0 Å². The fraction of sp³-hybridized carbons (Fsp3) is 0.182. The van der Waals surface area contributed by atoms with Crippen LogP contribution in [0.25, 0.3) is 11.1 Å². The van der Waals surface area contributed by atoms with Crippen LogP contribution in [0, 0.1) is 6.92 Å². The number of nitrogens with one attached hydrogen (secondary N) is 1. The molecule has 0 bridgehead atoms. The number of hydrogen-bond donors (Lipinski definition) is 2. The highest BCUT2D eigenvalue weighted by molar-refractivity contribution is 7.11. The summed E-state index contributed by atoms with van der Waals surface area (Å²) < 4.78 is 5.32. The Bertz CT molecular complexity index is 1020. The van der Waals surface area contributed by atoms with Crippen LogP contribution in [0.5, 0.6) is 5.75 Å². The van der Waals surface area contributed by atoms with E-state index < -0.39 is 5.91 Å². The number of aryl methyl sites for hydroxylation is 1. The lowest BCUT2D eigenvalue weighted by molar-refractivity contribution is -0.120. The van der Waals surface area contributed by atoms with E-state index in [1.165, 1.54) is 5.56 Å². The van der Waals surface area contributed by atoms with Gasteiger partial charge >= 0.3 is 0 Å². The summed E-state index contributed by atoms with van der Waals surface area (Å²) in [5, 5.41) is 5.17. The van der Waals surface area contributed by atoms with Crippen LogP contribution in [-0.4, -0.2) is 18.4 Å². The van der Waals surface area contributed by atoms with Crippen LogP contribution in [0.3, 0.4) is 0 Å². The summed E-state index contributed by atoms with van der Waals surface area (Å²) in [6, 6.07) is 15.8. The third-order valence-corrected chi connectivity index (χ3v) is 5.91. The minimum absolute atomic E-state index is 0.00172. The Morgan fingerprint density at radius 3 is 2.57 bits per heavy atom. The van der Waals surface area contributed by atoms with Gasteiger partial charge in [0, 0.05) is 28.2 Å². The van der Waals surface area contributed by atoms with Crippen LogP contribution in [0.4, 0.5) is 5.69 Å². The van der Waals surface area contributed by atoms with Gasteiger partial charge < -0.3 is 15.8 Å². The van der Waals surface area contributed by atoms with Gasteiger partial charge in [0.05, 0.1) is 5.69 Å². The number of carbonyl (C=O) groups is 2. The van der Waals surface area contributed by atoms with Crippen LogP contribution >= 0.6 is 11.3 Å². The van der Waals surface area contributed by atoms with Crippen molar-refractivity contribution >= 4 is 28.8 Å². The van der Waals surface area contributed by atoms with Crippen molar-refractivity contribution in [2.24, 2.45) is 5.73 Å². The van der Waals surface area contributed by atoms with Crippen molar-refractivity contribution in [2.45, 2.75) is 19.3 Å². The first kappa shape index (κ1) is 18.3. The zero-order valence-electron chi connectivity index (χ0n) is 15.4. The Morgan fingerprint density at radius 1 is 1.18 bits per heavy atom. The normalized spacial score (nSPS) is 15.6. The standard InChI is InChI=1S/C22H20N2O3S/c1-13-2-4-15(5-3-13)18-12-28-22-17(10-20(26)24-21(18)22)14-6-8-16(9-7-14)27-11-19(23)25/h2-9,12,17H,10-11H2,1H3,(H2,23,25)(H,24,26). The van der Waals surface area contributed by atoms with Crippen molar-refractivity contribution < 1.29 is 14.3 Å². The van der Waals surface area contributed by atoms with E-state index in [1.807, 2.05) is 12.1 Å². The molecular formula is C22H20N2O3S. The molecule has 2 aromatic carbocycles. The first-order valence-electron chi connectivity index (χ1n) is 9.00. The second-order valence-electron chi connectivity index (χ2n) is 6.88. The van der Waals surface area contributed by atoms with Gasteiger partial charge in [-0.15, -0.1) is 11.3 Å². The van der Waals surface area contributed by atoms with Crippen molar-refractivity contribution in [3.8, 4) is 16.9 Å². The maximum Gasteiger partial charge on any atom is 0.255 e. The summed E-state index contributed by atoms with van der Waals surface area (Å²) in [5.41, 5.74) is 10.4. The van der Waals surface area contributed by atoms with E-state index >= 15 is 0 Å². The predicted octanol–water partition coefficient (Wildman–Crippen LogP) is 4.06. The molecule has 0 saturated carbocycles. The van der Waals surface area contributed by atoms with E-state index in [0.29, 0.717) is 12.2 Å². The smallest absolute Gasteiger partial charge is 0.255 e. The van der Waals surface area contributed by atoms with E-state index in [2.05, 4.69) is 41.9 Å². The van der Waals surface area contributed by atoms with Crippen LogP contribution in [0.15, 0.2) is 53.9 Å². The molecule has 142 valence electrons. The summed E-state index contributed by atoms with van der Waals surface area (Å²) in [6.45, 7) is 1.90. The largest absolute Gasteiger partial charge is 0.484 e. The lowest BCUT2D eigenvalue weighted by atomic mass is 9.89. The average molecular weight is 392 g/mol. The predicted molar refractivity (Wildman–Crippen MR) is 111 cm³/mol. The van der Waals surface area contributed by atoms with Crippen molar-refractivity contribution in [1.82, 2.24) is 0 Å². The number of thiophene rings is 1. The van der Waals surface area contributed by atoms with Gasteiger partial charge in [-0.05, 0) is 30.2 Å². The van der Waals surface area contributed by atoms with Crippen LogP contribution in [-0.2, 0) is 9.59 Å². The molecular weight excluding hydrogens is 372 g/mol. The van der Waals surface area contributed by atoms with E-state index in [0.717, 1.165) is 27.3 Å². The molecule has 3 N–H and O–H groups in total. The summed E-state index contributed by atoms with van der Waals surface area (Å²) in [4.78, 5) is 24.4. The van der Waals surface area contributed by atoms with Gasteiger partial charge in [-0.3, -0.25) is 9.59 Å². The highest BCUT2D eigenvalue weighted by Gasteiger charge is 2.30. The number of rotatable bonds is 5. The number of anilines is 1. The Hall–Kier alpha value is -3.12. The van der Waals surface area contributed by atoms with Crippen molar-refractivity contribution in [2.75, 3.05) is 11.9 Å². The van der Waals surface area contributed by atoms with Gasteiger partial charge in [0.2, 0.25) is 5.91 Å². The van der Waals surface area contributed by atoms with Crippen LogP contribution < -0.4 is 15.8 Å². The lowest BCUT2D eigenvalue weighted by Crippen LogP contribution is -2.22. The van der Waals surface area contributed by atoms with Gasteiger partial charge in [0.15, 0.2) is 6.61 Å². The minimum Gasteiger partial charge on any atom is -0.484 e. The summed E-state index contributed by atoms with van der Waals surface area (Å²) in [5.74, 6) is 0.0749. The maximum absolute atomic E-state index is 12.4. The quantitative estimate of drug-likeness (QED) is 0.687. The second-order valence-corrected chi connectivity index (χ2v) is 7.79. The number of primary amides is 1. The highest BCUT2D eigenvalue weighted by Crippen LogP contribution is 2.46. The third kappa shape index (κ3) is 3.64. The average Bonchev–Trinajstić information content (AvgIpc) is 3.10. The molecule has 0 fully saturated rings. The molecule has 1 aliphatic heterocycles. The molecule has 2 amide bonds. The number of amides is 2. The molecule has 0 aliphatic carbocycles. The van der Waals surface area contributed by atoms with Crippen LogP contribution in [0.1, 0.15) is 28.3 Å². The van der Waals surface area contributed by atoms with E-state index in [9.17, 15) is 9.59 Å².